The Labute approximate surface area is 162 Å². The molecule has 1 N–H and O–H groups in total. The number of benzene rings is 1. The van der Waals surface area contributed by atoms with Gasteiger partial charge in [0, 0.05) is 6.04 Å². The minimum atomic E-state index is -0.274. The number of esters is 1. The summed E-state index contributed by atoms with van der Waals surface area (Å²) in [7, 11) is 1.39. The maximum Gasteiger partial charge on any atom is 0.307 e. The first kappa shape index (κ1) is 18.5. The highest BCUT2D eigenvalue weighted by molar-refractivity contribution is 5.84. The fourth-order valence-electron chi connectivity index (χ4n) is 6.53. The molecule has 3 atom stereocenters. The second-order valence-electron chi connectivity index (χ2n) is 9.54. The molecule has 3 unspecified atom stereocenters. The van der Waals surface area contributed by atoms with Gasteiger partial charge in [0.05, 0.1) is 18.9 Å². The van der Waals surface area contributed by atoms with E-state index in [0.717, 1.165) is 19.3 Å². The molecule has 0 saturated heterocycles. The molecule has 0 radical (unpaired) electrons. The van der Waals surface area contributed by atoms with Crippen molar-refractivity contribution >= 4 is 11.9 Å². The highest BCUT2D eigenvalue weighted by Gasteiger charge is 2.60. The minimum absolute atomic E-state index is 0.153. The second kappa shape index (κ2) is 6.65. The number of carbonyl (C=O) groups is 2. The fourth-order valence-corrected chi connectivity index (χ4v) is 6.53. The van der Waals surface area contributed by atoms with Gasteiger partial charge in [-0.2, -0.15) is 0 Å². The third-order valence-corrected chi connectivity index (χ3v) is 7.28. The van der Waals surface area contributed by atoms with E-state index in [9.17, 15) is 9.59 Å². The quantitative estimate of drug-likeness (QED) is 0.801. The van der Waals surface area contributed by atoms with Crippen LogP contribution >= 0.6 is 0 Å². The number of rotatable bonds is 5. The number of methoxy groups -OCH3 is 1. The molecule has 4 bridgehead atoms. The van der Waals surface area contributed by atoms with Crippen LogP contribution in [0, 0.1) is 24.2 Å². The molecule has 0 aliphatic heterocycles. The Balaban J connectivity index is 1.57. The number of ether oxygens (including phenoxy) is 1. The van der Waals surface area contributed by atoms with Crippen molar-refractivity contribution in [3.8, 4) is 0 Å². The number of hydrogen-bond acceptors (Lipinski definition) is 3. The Kier molecular flexibility index (Phi) is 4.56. The minimum Gasteiger partial charge on any atom is -0.469 e. The Morgan fingerprint density at radius 1 is 1.15 bits per heavy atom. The zero-order chi connectivity index (χ0) is 19.2. The number of carbonyl (C=O) groups excluding carboxylic acids is 2. The molecule has 0 aromatic heterocycles. The van der Waals surface area contributed by atoms with Gasteiger partial charge in [-0.1, -0.05) is 29.8 Å². The van der Waals surface area contributed by atoms with E-state index >= 15 is 0 Å². The van der Waals surface area contributed by atoms with Crippen molar-refractivity contribution in [2.24, 2.45) is 17.3 Å². The van der Waals surface area contributed by atoms with Gasteiger partial charge in [-0.3, -0.25) is 9.59 Å². The normalized spacial score (nSPS) is 34.9. The Hall–Kier alpha value is -1.84. The predicted octanol–water partition coefficient (Wildman–Crippen LogP) is 3.90. The molecule has 1 aromatic carbocycles. The first-order chi connectivity index (χ1) is 12.8. The van der Waals surface area contributed by atoms with Crippen LogP contribution in [0.25, 0.3) is 0 Å². The molecule has 4 fully saturated rings. The van der Waals surface area contributed by atoms with Crippen LogP contribution < -0.4 is 5.32 Å². The second-order valence-corrected chi connectivity index (χ2v) is 9.54. The summed E-state index contributed by atoms with van der Waals surface area (Å²) in [5, 5.41) is 3.14. The highest BCUT2D eigenvalue weighted by Crippen LogP contribution is 2.65. The number of nitrogens with one attached hydrogen (secondary N) is 1. The third-order valence-electron chi connectivity index (χ3n) is 7.28. The van der Waals surface area contributed by atoms with Crippen LogP contribution in [0.1, 0.15) is 63.0 Å². The Morgan fingerprint density at radius 2 is 1.78 bits per heavy atom. The summed E-state index contributed by atoms with van der Waals surface area (Å²) in [6, 6.07) is 8.80. The lowest BCUT2D eigenvalue weighted by Gasteiger charge is -2.61. The van der Waals surface area contributed by atoms with E-state index in [4.69, 9.17) is 4.74 Å². The maximum absolute atomic E-state index is 13.3. The SMILES string of the molecule is COC(=O)CC(C)NC(=O)C12CC3CC(C1)CC(c1ccc(C)cc1)(C3)C2. The molecule has 0 heterocycles. The fraction of sp³-hybridized carbons (Fsp3) is 0.652. The van der Waals surface area contributed by atoms with E-state index in [1.165, 1.54) is 37.5 Å². The molecular weight excluding hydrogens is 338 g/mol. The number of aryl methyl sites for hydroxylation is 1. The Bertz CT molecular complexity index is 724. The maximum atomic E-state index is 13.3. The predicted molar refractivity (Wildman–Crippen MR) is 104 cm³/mol. The largest absolute Gasteiger partial charge is 0.469 e. The molecule has 1 amide bonds. The van der Waals surface area contributed by atoms with Crippen LogP contribution in [0.5, 0.6) is 0 Å². The van der Waals surface area contributed by atoms with E-state index in [2.05, 4.69) is 36.5 Å². The van der Waals surface area contributed by atoms with Gasteiger partial charge in [-0.05, 0) is 75.2 Å². The van der Waals surface area contributed by atoms with Gasteiger partial charge >= 0.3 is 5.97 Å². The molecule has 4 aliphatic carbocycles. The topological polar surface area (TPSA) is 55.4 Å². The molecule has 146 valence electrons. The molecule has 1 aromatic rings. The van der Waals surface area contributed by atoms with Gasteiger partial charge in [0.15, 0.2) is 0 Å². The average molecular weight is 370 g/mol. The van der Waals surface area contributed by atoms with Crippen molar-refractivity contribution in [1.29, 1.82) is 0 Å². The summed E-state index contributed by atoms with van der Waals surface area (Å²) < 4.78 is 4.74. The summed E-state index contributed by atoms with van der Waals surface area (Å²) >= 11 is 0. The first-order valence-electron chi connectivity index (χ1n) is 10.3. The molecule has 4 aliphatic rings. The summed E-state index contributed by atoms with van der Waals surface area (Å²) in [6.45, 7) is 4.02. The zero-order valence-electron chi connectivity index (χ0n) is 16.7. The van der Waals surface area contributed by atoms with Crippen molar-refractivity contribution in [1.82, 2.24) is 5.32 Å². The zero-order valence-corrected chi connectivity index (χ0v) is 16.7. The molecule has 4 heteroatoms. The third kappa shape index (κ3) is 3.28. The molecule has 0 spiro atoms. The molecular formula is C23H31NO3. The van der Waals surface area contributed by atoms with Crippen molar-refractivity contribution in [3.05, 3.63) is 35.4 Å². The summed E-state index contributed by atoms with van der Waals surface area (Å²) in [6.07, 6.45) is 6.92. The van der Waals surface area contributed by atoms with Crippen LogP contribution in [-0.2, 0) is 19.7 Å². The van der Waals surface area contributed by atoms with Gasteiger partial charge < -0.3 is 10.1 Å². The van der Waals surface area contributed by atoms with Crippen LogP contribution in [-0.4, -0.2) is 25.0 Å². The Morgan fingerprint density at radius 3 is 2.37 bits per heavy atom. The van der Waals surface area contributed by atoms with Gasteiger partial charge in [0.1, 0.15) is 0 Å². The van der Waals surface area contributed by atoms with Gasteiger partial charge in [-0.15, -0.1) is 0 Å². The molecule has 5 rings (SSSR count). The van der Waals surface area contributed by atoms with Crippen molar-refractivity contribution in [2.75, 3.05) is 7.11 Å². The molecule has 4 nitrogen and oxygen atoms in total. The lowest BCUT2D eigenvalue weighted by Crippen LogP contribution is -2.59. The first-order valence-corrected chi connectivity index (χ1v) is 10.3. The molecule has 4 saturated carbocycles. The van der Waals surface area contributed by atoms with E-state index in [1.54, 1.807) is 0 Å². The van der Waals surface area contributed by atoms with Crippen LogP contribution in [0.4, 0.5) is 0 Å². The van der Waals surface area contributed by atoms with Gasteiger partial charge in [-0.25, -0.2) is 0 Å². The van der Waals surface area contributed by atoms with Crippen LogP contribution in [0.3, 0.4) is 0 Å². The standard InChI is InChI=1S/C23H31NO3/c1-15-4-6-19(7-5-15)22-10-17-9-18(11-22)13-23(12-17,14-22)21(26)24-16(2)8-20(25)27-3/h4-7,16-18H,8-14H2,1-3H3,(H,24,26). The summed E-state index contributed by atoms with van der Waals surface area (Å²) in [5.41, 5.74) is 2.59. The van der Waals surface area contributed by atoms with E-state index in [-0.39, 0.29) is 35.2 Å². The molecule has 27 heavy (non-hydrogen) atoms. The number of amides is 1. The van der Waals surface area contributed by atoms with Crippen molar-refractivity contribution in [2.45, 2.75) is 70.3 Å². The van der Waals surface area contributed by atoms with Gasteiger partial charge in [0.25, 0.3) is 0 Å². The van der Waals surface area contributed by atoms with Gasteiger partial charge in [0.2, 0.25) is 5.91 Å². The summed E-state index contributed by atoms with van der Waals surface area (Å²) in [5.74, 6) is 1.18. The van der Waals surface area contributed by atoms with Crippen molar-refractivity contribution in [3.63, 3.8) is 0 Å². The monoisotopic (exact) mass is 369 g/mol. The van der Waals surface area contributed by atoms with Crippen molar-refractivity contribution < 1.29 is 14.3 Å². The van der Waals surface area contributed by atoms with Crippen LogP contribution in [0.2, 0.25) is 0 Å². The van der Waals surface area contributed by atoms with E-state index in [0.29, 0.717) is 11.8 Å². The average Bonchev–Trinajstić information content (AvgIpc) is 2.60. The lowest BCUT2D eigenvalue weighted by molar-refractivity contribution is -0.150. The lowest BCUT2D eigenvalue weighted by atomic mass is 9.42. The van der Waals surface area contributed by atoms with E-state index < -0.39 is 0 Å². The van der Waals surface area contributed by atoms with E-state index in [1.807, 2.05) is 6.92 Å². The van der Waals surface area contributed by atoms with Crippen LogP contribution in [0.15, 0.2) is 24.3 Å². The highest BCUT2D eigenvalue weighted by atomic mass is 16.5. The smallest absolute Gasteiger partial charge is 0.307 e. The summed E-state index contributed by atoms with van der Waals surface area (Å²) in [4.78, 5) is 24.9. The number of hydrogen-bond donors (Lipinski definition) is 1.